The molecular formula is C23H29F3N4S. The first-order valence-corrected chi connectivity index (χ1v) is 12.0. The highest BCUT2D eigenvalue weighted by atomic mass is 32.2. The Hall–Kier alpha value is -1.64. The van der Waals surface area contributed by atoms with E-state index in [1.165, 1.54) is 38.1 Å². The number of halogens is 3. The van der Waals surface area contributed by atoms with E-state index >= 15 is 0 Å². The van der Waals surface area contributed by atoms with Gasteiger partial charge in [-0.05, 0) is 63.0 Å². The zero-order valence-corrected chi connectivity index (χ0v) is 18.5. The summed E-state index contributed by atoms with van der Waals surface area (Å²) >= 11 is 1.69. The van der Waals surface area contributed by atoms with Crippen molar-refractivity contribution < 1.29 is 13.2 Å². The topological polar surface area (TPSA) is 32.3 Å². The van der Waals surface area contributed by atoms with Gasteiger partial charge in [-0.2, -0.15) is 13.2 Å². The van der Waals surface area contributed by atoms with Crippen LogP contribution in [0.1, 0.15) is 48.4 Å². The molecule has 4 rings (SSSR count). The van der Waals surface area contributed by atoms with Crippen molar-refractivity contribution in [2.75, 3.05) is 38.5 Å². The van der Waals surface area contributed by atoms with Crippen molar-refractivity contribution in [1.29, 1.82) is 0 Å². The Morgan fingerprint density at radius 3 is 2.58 bits per heavy atom. The fourth-order valence-electron chi connectivity index (χ4n) is 4.54. The molecule has 0 spiro atoms. The molecule has 168 valence electrons. The van der Waals surface area contributed by atoms with Crippen molar-refractivity contribution in [3.8, 4) is 0 Å². The molecule has 1 aromatic carbocycles. The Balaban J connectivity index is 1.36. The van der Waals surface area contributed by atoms with Crippen molar-refractivity contribution in [2.24, 2.45) is 0 Å². The van der Waals surface area contributed by atoms with Gasteiger partial charge in [0.15, 0.2) is 5.16 Å². The van der Waals surface area contributed by atoms with E-state index in [4.69, 9.17) is 4.98 Å². The number of likely N-dealkylation sites (tertiary alicyclic amines) is 2. The van der Waals surface area contributed by atoms with E-state index in [1.807, 2.05) is 12.3 Å². The number of aromatic nitrogens is 2. The lowest BCUT2D eigenvalue weighted by atomic mass is 9.94. The Kier molecular flexibility index (Phi) is 7.51. The molecule has 4 nitrogen and oxygen atoms in total. The highest BCUT2D eigenvalue weighted by molar-refractivity contribution is 7.99. The van der Waals surface area contributed by atoms with Crippen molar-refractivity contribution in [2.45, 2.75) is 49.5 Å². The third kappa shape index (κ3) is 6.20. The number of rotatable bonds is 7. The monoisotopic (exact) mass is 450 g/mol. The molecule has 3 heterocycles. The van der Waals surface area contributed by atoms with Crippen LogP contribution in [0.4, 0.5) is 13.2 Å². The minimum Gasteiger partial charge on any atom is -0.303 e. The molecule has 1 aromatic heterocycles. The molecule has 1 atom stereocenters. The molecule has 0 aliphatic carbocycles. The van der Waals surface area contributed by atoms with Gasteiger partial charge >= 0.3 is 6.18 Å². The van der Waals surface area contributed by atoms with Crippen molar-refractivity contribution in [3.63, 3.8) is 0 Å². The Labute approximate surface area is 186 Å². The van der Waals surface area contributed by atoms with Gasteiger partial charge in [-0.1, -0.05) is 30.0 Å². The summed E-state index contributed by atoms with van der Waals surface area (Å²) < 4.78 is 40.0. The molecule has 2 aliphatic rings. The van der Waals surface area contributed by atoms with E-state index in [0.29, 0.717) is 12.1 Å². The van der Waals surface area contributed by atoms with E-state index in [-0.39, 0.29) is 5.92 Å². The van der Waals surface area contributed by atoms with Crippen LogP contribution < -0.4 is 0 Å². The fourth-order valence-corrected chi connectivity index (χ4v) is 5.38. The van der Waals surface area contributed by atoms with Gasteiger partial charge in [0, 0.05) is 43.2 Å². The van der Waals surface area contributed by atoms with Crippen LogP contribution in [0.25, 0.3) is 0 Å². The highest BCUT2D eigenvalue weighted by Gasteiger charge is 2.33. The van der Waals surface area contributed by atoms with Crippen LogP contribution >= 0.6 is 11.8 Å². The van der Waals surface area contributed by atoms with E-state index < -0.39 is 11.7 Å². The van der Waals surface area contributed by atoms with Gasteiger partial charge < -0.3 is 4.90 Å². The second-order valence-electron chi connectivity index (χ2n) is 8.39. The Bertz CT molecular complexity index is 855. The van der Waals surface area contributed by atoms with Gasteiger partial charge in [0.2, 0.25) is 0 Å². The molecule has 0 saturated carbocycles. The quantitative estimate of drug-likeness (QED) is 0.435. The summed E-state index contributed by atoms with van der Waals surface area (Å²) in [6.07, 6.45) is 2.05. The minimum absolute atomic E-state index is 0.229. The SMILES string of the molecule is FC(F)(F)c1ccccc1CN1CCCC(c2ccnc(SCCN3CCCC3)n2)C1. The van der Waals surface area contributed by atoms with E-state index in [0.717, 1.165) is 49.1 Å². The van der Waals surface area contributed by atoms with Gasteiger partial charge in [-0.3, -0.25) is 4.90 Å². The Morgan fingerprint density at radius 2 is 1.77 bits per heavy atom. The van der Waals surface area contributed by atoms with Gasteiger partial charge in [0.1, 0.15) is 0 Å². The number of hydrogen-bond acceptors (Lipinski definition) is 5. The van der Waals surface area contributed by atoms with Crippen molar-refractivity contribution in [3.05, 3.63) is 53.3 Å². The first-order chi connectivity index (χ1) is 15.0. The highest BCUT2D eigenvalue weighted by Crippen LogP contribution is 2.34. The van der Waals surface area contributed by atoms with Crippen LogP contribution in [0.5, 0.6) is 0 Å². The molecule has 2 aliphatic heterocycles. The lowest BCUT2D eigenvalue weighted by Gasteiger charge is -2.33. The summed E-state index contributed by atoms with van der Waals surface area (Å²) in [4.78, 5) is 13.8. The summed E-state index contributed by atoms with van der Waals surface area (Å²) in [5.74, 6) is 1.21. The lowest BCUT2D eigenvalue weighted by molar-refractivity contribution is -0.138. The molecular weight excluding hydrogens is 421 g/mol. The summed E-state index contributed by atoms with van der Waals surface area (Å²) in [5, 5.41) is 0.802. The standard InChI is InChI=1S/C23H29F3N4S/c24-23(25,26)20-8-2-1-6-18(20)16-30-13-5-7-19(17-30)21-9-10-27-22(28-21)31-15-14-29-11-3-4-12-29/h1-2,6,8-10,19H,3-5,7,11-17H2. The number of alkyl halides is 3. The van der Waals surface area contributed by atoms with Crippen LogP contribution in [0.3, 0.4) is 0 Å². The predicted octanol–water partition coefficient (Wildman–Crippen LogP) is 5.06. The van der Waals surface area contributed by atoms with Gasteiger partial charge in [0.05, 0.1) is 5.56 Å². The molecule has 2 aromatic rings. The van der Waals surface area contributed by atoms with Crippen LogP contribution in [0, 0.1) is 0 Å². The average Bonchev–Trinajstić information content (AvgIpc) is 3.27. The molecule has 0 bridgehead atoms. The third-order valence-corrected chi connectivity index (χ3v) is 6.97. The molecule has 2 saturated heterocycles. The van der Waals surface area contributed by atoms with E-state index in [2.05, 4.69) is 14.8 Å². The maximum Gasteiger partial charge on any atom is 0.416 e. The zero-order valence-electron chi connectivity index (χ0n) is 17.7. The summed E-state index contributed by atoms with van der Waals surface area (Å²) in [5.41, 5.74) is 0.819. The second-order valence-corrected chi connectivity index (χ2v) is 9.45. The smallest absolute Gasteiger partial charge is 0.303 e. The first kappa shape index (κ1) is 22.6. The number of thioether (sulfide) groups is 1. The van der Waals surface area contributed by atoms with Crippen molar-refractivity contribution >= 4 is 11.8 Å². The predicted molar refractivity (Wildman–Crippen MR) is 117 cm³/mol. The third-order valence-electron chi connectivity index (χ3n) is 6.13. The summed E-state index contributed by atoms with van der Waals surface area (Å²) in [6, 6.07) is 7.86. The van der Waals surface area contributed by atoms with Crippen LogP contribution in [-0.2, 0) is 12.7 Å². The Morgan fingerprint density at radius 1 is 1.00 bits per heavy atom. The molecule has 2 fully saturated rings. The average molecular weight is 451 g/mol. The molecule has 1 unspecified atom stereocenters. The van der Waals surface area contributed by atoms with E-state index in [1.54, 1.807) is 23.9 Å². The van der Waals surface area contributed by atoms with Crippen molar-refractivity contribution in [1.82, 2.24) is 19.8 Å². The maximum atomic E-state index is 13.3. The fraction of sp³-hybridized carbons (Fsp3) is 0.565. The normalized spacial score (nSPS) is 20.9. The molecule has 0 amide bonds. The zero-order chi connectivity index (χ0) is 21.7. The van der Waals surface area contributed by atoms with Gasteiger partial charge in [0.25, 0.3) is 0 Å². The maximum absolute atomic E-state index is 13.3. The van der Waals surface area contributed by atoms with Gasteiger partial charge in [-0.15, -0.1) is 0 Å². The van der Waals surface area contributed by atoms with Gasteiger partial charge in [-0.25, -0.2) is 9.97 Å². The van der Waals surface area contributed by atoms with Crippen LogP contribution in [0.15, 0.2) is 41.7 Å². The van der Waals surface area contributed by atoms with E-state index in [9.17, 15) is 13.2 Å². The molecule has 31 heavy (non-hydrogen) atoms. The largest absolute Gasteiger partial charge is 0.416 e. The van der Waals surface area contributed by atoms with Crippen LogP contribution in [0.2, 0.25) is 0 Å². The first-order valence-electron chi connectivity index (χ1n) is 11.0. The summed E-state index contributed by atoms with van der Waals surface area (Å²) in [7, 11) is 0. The lowest BCUT2D eigenvalue weighted by Crippen LogP contribution is -2.34. The second kappa shape index (κ2) is 10.3. The number of benzene rings is 1. The molecule has 8 heteroatoms. The molecule has 0 N–H and O–H groups in total. The summed E-state index contributed by atoms with van der Waals surface area (Å²) in [6.45, 7) is 5.29. The van der Waals surface area contributed by atoms with Crippen LogP contribution in [-0.4, -0.2) is 58.2 Å². The molecule has 0 radical (unpaired) electrons. The number of nitrogens with zero attached hydrogens (tertiary/aromatic N) is 4. The number of hydrogen-bond donors (Lipinski definition) is 0. The number of piperidine rings is 1. The minimum atomic E-state index is -4.32.